The maximum absolute atomic E-state index is 12.6. The van der Waals surface area contributed by atoms with Crippen molar-refractivity contribution in [2.24, 2.45) is 11.7 Å². The molecule has 0 radical (unpaired) electrons. The number of hydrogen-bond donors (Lipinski definition) is 2. The van der Waals surface area contributed by atoms with Crippen LogP contribution >= 0.6 is 23.6 Å². The average Bonchev–Trinajstić information content (AvgIpc) is 2.96. The van der Waals surface area contributed by atoms with Gasteiger partial charge in [0.15, 0.2) is 0 Å². The number of amides is 1. The molecule has 1 aromatic heterocycles. The van der Waals surface area contributed by atoms with E-state index in [4.69, 9.17) is 18.0 Å². The molecule has 0 aromatic carbocycles. The first-order valence-electron chi connectivity index (χ1n) is 7.71. The summed E-state index contributed by atoms with van der Waals surface area (Å²) < 4.78 is 0. The fraction of sp³-hybridized carbons (Fsp3) is 0.625. The Morgan fingerprint density at radius 2 is 2.14 bits per heavy atom. The Hall–Kier alpha value is -0.940. The van der Waals surface area contributed by atoms with Crippen LogP contribution in [0.1, 0.15) is 61.2 Å². The van der Waals surface area contributed by atoms with E-state index in [2.05, 4.69) is 19.2 Å². The maximum Gasteiger partial charge on any atom is 0.262 e. The number of rotatable bonds is 5. The van der Waals surface area contributed by atoms with E-state index in [-0.39, 0.29) is 5.91 Å². The van der Waals surface area contributed by atoms with Gasteiger partial charge in [0.1, 0.15) is 0 Å². The van der Waals surface area contributed by atoms with Crippen molar-refractivity contribution in [3.63, 3.8) is 0 Å². The maximum atomic E-state index is 12.6. The molecule has 116 valence electrons. The number of nitrogens with one attached hydrogen (secondary N) is 1. The lowest BCUT2D eigenvalue weighted by Gasteiger charge is -2.40. The van der Waals surface area contributed by atoms with Crippen LogP contribution in [-0.4, -0.2) is 16.4 Å². The summed E-state index contributed by atoms with van der Waals surface area (Å²) in [6.07, 6.45) is 5.94. The van der Waals surface area contributed by atoms with Gasteiger partial charge in [-0.3, -0.25) is 4.79 Å². The van der Waals surface area contributed by atoms with Crippen molar-refractivity contribution in [1.82, 2.24) is 5.32 Å². The lowest BCUT2D eigenvalue weighted by atomic mass is 9.75. The fourth-order valence-corrected chi connectivity index (χ4v) is 4.24. The zero-order valence-electron chi connectivity index (χ0n) is 12.8. The monoisotopic (exact) mass is 324 g/mol. The van der Waals surface area contributed by atoms with Crippen LogP contribution in [0.5, 0.6) is 0 Å². The number of nitrogens with two attached hydrogens (primary N) is 1. The summed E-state index contributed by atoms with van der Waals surface area (Å²) in [4.78, 5) is 13.8. The van der Waals surface area contributed by atoms with Gasteiger partial charge in [0.2, 0.25) is 0 Å². The summed E-state index contributed by atoms with van der Waals surface area (Å²) >= 11 is 6.77. The second-order valence-corrected chi connectivity index (χ2v) is 7.24. The summed E-state index contributed by atoms with van der Waals surface area (Å²) in [6.45, 7) is 4.28. The molecule has 3 nitrogen and oxygen atoms in total. The van der Waals surface area contributed by atoms with Crippen molar-refractivity contribution in [2.45, 2.75) is 57.9 Å². The summed E-state index contributed by atoms with van der Waals surface area (Å²) in [5.74, 6) is 0.710. The van der Waals surface area contributed by atoms with E-state index in [1.54, 1.807) is 0 Å². The van der Waals surface area contributed by atoms with Crippen LogP contribution in [0.4, 0.5) is 0 Å². The van der Waals surface area contributed by atoms with Gasteiger partial charge in [-0.15, -0.1) is 11.3 Å². The number of carbonyl (C=O) groups is 1. The molecule has 1 amide bonds. The highest BCUT2D eigenvalue weighted by Crippen LogP contribution is 2.34. The number of carbonyl (C=O) groups excluding carboxylic acids is 1. The van der Waals surface area contributed by atoms with Crippen molar-refractivity contribution >= 4 is 34.5 Å². The molecule has 1 fully saturated rings. The molecule has 0 atom stereocenters. The van der Waals surface area contributed by atoms with Crippen LogP contribution in [0, 0.1) is 5.92 Å². The largest absolute Gasteiger partial charge is 0.391 e. The molecule has 1 aliphatic carbocycles. The predicted molar refractivity (Wildman–Crippen MR) is 92.9 cm³/mol. The van der Waals surface area contributed by atoms with Crippen molar-refractivity contribution < 1.29 is 4.79 Å². The molecule has 0 spiro atoms. The minimum absolute atomic E-state index is 0.0235. The highest BCUT2D eigenvalue weighted by Gasteiger charge is 2.39. The molecule has 0 saturated heterocycles. The van der Waals surface area contributed by atoms with Crippen LogP contribution < -0.4 is 11.1 Å². The normalized spacial score (nSPS) is 25.5. The summed E-state index contributed by atoms with van der Waals surface area (Å²) in [6, 6.07) is 2.01. The first kappa shape index (κ1) is 16.4. The number of thiocarbonyl (C=S) groups is 1. The highest BCUT2D eigenvalue weighted by atomic mass is 32.1. The molecule has 0 aliphatic heterocycles. The number of hydrogen-bond acceptors (Lipinski definition) is 3. The van der Waals surface area contributed by atoms with Crippen molar-refractivity contribution in [2.75, 3.05) is 0 Å². The molecule has 1 aliphatic rings. The summed E-state index contributed by atoms with van der Waals surface area (Å²) in [5, 5.41) is 5.13. The Morgan fingerprint density at radius 1 is 1.48 bits per heavy atom. The van der Waals surface area contributed by atoms with Gasteiger partial charge in [0.25, 0.3) is 5.91 Å². The van der Waals surface area contributed by atoms with Gasteiger partial charge in [-0.25, -0.2) is 0 Å². The zero-order chi connectivity index (χ0) is 15.5. The third-order valence-corrected chi connectivity index (χ3v) is 6.04. The van der Waals surface area contributed by atoms with E-state index in [1.807, 2.05) is 11.4 Å². The van der Waals surface area contributed by atoms with Crippen LogP contribution in [0.15, 0.2) is 11.4 Å². The van der Waals surface area contributed by atoms with Crippen molar-refractivity contribution in [3.8, 4) is 0 Å². The van der Waals surface area contributed by atoms with Gasteiger partial charge in [-0.1, -0.05) is 32.5 Å². The molecule has 1 saturated carbocycles. The molecule has 1 aromatic rings. The minimum atomic E-state index is -0.493. The Kier molecular flexibility index (Phi) is 5.38. The zero-order valence-corrected chi connectivity index (χ0v) is 14.4. The van der Waals surface area contributed by atoms with Gasteiger partial charge in [0, 0.05) is 0 Å². The molecule has 5 heteroatoms. The molecule has 21 heavy (non-hydrogen) atoms. The van der Waals surface area contributed by atoms with Crippen LogP contribution in [0.2, 0.25) is 0 Å². The lowest BCUT2D eigenvalue weighted by molar-refractivity contribution is 0.0901. The Balaban J connectivity index is 2.14. The quantitative estimate of drug-likeness (QED) is 0.813. The molecular weight excluding hydrogens is 300 g/mol. The molecule has 0 bridgehead atoms. The Morgan fingerprint density at radius 3 is 2.67 bits per heavy atom. The average molecular weight is 325 g/mol. The van der Waals surface area contributed by atoms with E-state index in [0.717, 1.165) is 48.5 Å². The predicted octanol–water partition coefficient (Wildman–Crippen LogP) is 3.67. The van der Waals surface area contributed by atoms with Gasteiger partial charge < -0.3 is 11.1 Å². The second-order valence-electron chi connectivity index (χ2n) is 5.88. The van der Waals surface area contributed by atoms with Crippen molar-refractivity contribution in [1.29, 1.82) is 0 Å². The van der Waals surface area contributed by atoms with Crippen molar-refractivity contribution in [3.05, 3.63) is 21.9 Å². The van der Waals surface area contributed by atoms with E-state index < -0.39 is 5.54 Å². The van der Waals surface area contributed by atoms with Crippen LogP contribution in [-0.2, 0) is 6.42 Å². The van der Waals surface area contributed by atoms with E-state index in [1.165, 1.54) is 17.8 Å². The smallest absolute Gasteiger partial charge is 0.262 e. The third-order valence-electron chi connectivity index (χ3n) is 4.69. The van der Waals surface area contributed by atoms with Crippen LogP contribution in [0.3, 0.4) is 0 Å². The third kappa shape index (κ3) is 3.46. The summed E-state index contributed by atoms with van der Waals surface area (Å²) in [5.41, 5.74) is 6.58. The second kappa shape index (κ2) is 6.88. The standard InChI is InChI=1S/C16H24N2OS2/c1-3-11-5-8-16(9-6-11,15(17)20)18-14(19)13-12(4-2)7-10-21-13/h7,10-11H,3-6,8-9H2,1-2H3,(H2,17,20)(H,18,19). The molecular formula is C16H24N2OS2. The number of aryl methyl sites for hydroxylation is 1. The fourth-order valence-electron chi connectivity index (χ4n) is 3.10. The molecule has 1 heterocycles. The highest BCUT2D eigenvalue weighted by molar-refractivity contribution is 7.80. The Bertz CT molecular complexity index is 516. The van der Waals surface area contributed by atoms with Gasteiger partial charge in [-0.2, -0.15) is 0 Å². The van der Waals surface area contributed by atoms with E-state index >= 15 is 0 Å². The molecule has 3 N–H and O–H groups in total. The lowest BCUT2D eigenvalue weighted by Crippen LogP contribution is -2.58. The minimum Gasteiger partial charge on any atom is -0.391 e. The SMILES string of the molecule is CCc1ccsc1C(=O)NC1(C(N)=S)CCC(CC)CC1. The molecule has 2 rings (SSSR count). The number of thiophene rings is 1. The Labute approximate surface area is 136 Å². The van der Waals surface area contributed by atoms with E-state index in [0.29, 0.717) is 4.99 Å². The first-order chi connectivity index (χ1) is 10.0. The van der Waals surface area contributed by atoms with E-state index in [9.17, 15) is 4.79 Å². The van der Waals surface area contributed by atoms with Gasteiger partial charge in [0.05, 0.1) is 15.4 Å². The summed E-state index contributed by atoms with van der Waals surface area (Å²) in [7, 11) is 0. The van der Waals surface area contributed by atoms with Crippen LogP contribution in [0.25, 0.3) is 0 Å². The van der Waals surface area contributed by atoms with Gasteiger partial charge in [-0.05, 0) is 55.0 Å². The topological polar surface area (TPSA) is 55.1 Å². The van der Waals surface area contributed by atoms with Gasteiger partial charge >= 0.3 is 0 Å². The molecule has 0 unspecified atom stereocenters. The first-order valence-corrected chi connectivity index (χ1v) is 9.00.